The van der Waals surface area contributed by atoms with E-state index in [9.17, 15) is 4.79 Å². The van der Waals surface area contributed by atoms with Crippen LogP contribution in [0.15, 0.2) is 30.3 Å². The molecule has 0 aliphatic heterocycles. The first-order valence-electron chi connectivity index (χ1n) is 8.00. The number of amides is 1. The molecule has 1 aliphatic rings. The van der Waals surface area contributed by atoms with Crippen LogP contribution in [0.25, 0.3) is 5.69 Å². The summed E-state index contributed by atoms with van der Waals surface area (Å²) >= 11 is 0. The minimum absolute atomic E-state index is 0.0559. The molecule has 0 radical (unpaired) electrons. The number of fused-ring (bicyclic) bond motifs is 1. The molecule has 1 heterocycles. The van der Waals surface area contributed by atoms with Gasteiger partial charge in [-0.1, -0.05) is 25.1 Å². The maximum absolute atomic E-state index is 12.6. The van der Waals surface area contributed by atoms with Crippen molar-refractivity contribution in [3.63, 3.8) is 0 Å². The highest BCUT2D eigenvalue weighted by molar-refractivity contribution is 5.94. The second kappa shape index (κ2) is 5.59. The van der Waals surface area contributed by atoms with Crippen molar-refractivity contribution in [1.82, 2.24) is 15.1 Å². The maximum Gasteiger partial charge on any atom is 0.272 e. The Kier molecular flexibility index (Phi) is 3.77. The van der Waals surface area contributed by atoms with Gasteiger partial charge in [0.15, 0.2) is 5.69 Å². The zero-order chi connectivity index (χ0) is 15.7. The monoisotopic (exact) mass is 297 g/mol. The molecule has 0 saturated carbocycles. The largest absolute Gasteiger partial charge is 0.346 e. The Morgan fingerprint density at radius 1 is 1.27 bits per heavy atom. The average Bonchev–Trinajstić information content (AvgIpc) is 3.09. The maximum atomic E-state index is 12.6. The van der Waals surface area contributed by atoms with Crippen LogP contribution in [0.2, 0.25) is 0 Å². The molecule has 1 N–H and O–H groups in total. The predicted octanol–water partition coefficient (Wildman–Crippen LogP) is 3.28. The van der Waals surface area contributed by atoms with Gasteiger partial charge in [-0.25, -0.2) is 4.68 Å². The first-order valence-corrected chi connectivity index (χ1v) is 8.00. The van der Waals surface area contributed by atoms with Crippen LogP contribution < -0.4 is 5.32 Å². The first kappa shape index (κ1) is 14.8. The van der Waals surface area contributed by atoms with Gasteiger partial charge in [0, 0.05) is 16.8 Å². The van der Waals surface area contributed by atoms with Crippen molar-refractivity contribution in [2.45, 2.75) is 52.0 Å². The van der Waals surface area contributed by atoms with Crippen molar-refractivity contribution in [2.24, 2.45) is 0 Å². The number of nitrogens with one attached hydrogen (secondary N) is 1. The van der Waals surface area contributed by atoms with Crippen molar-refractivity contribution in [2.75, 3.05) is 0 Å². The van der Waals surface area contributed by atoms with Crippen LogP contribution in [-0.2, 0) is 12.8 Å². The number of benzene rings is 1. The van der Waals surface area contributed by atoms with Crippen LogP contribution in [0.5, 0.6) is 0 Å². The Hall–Kier alpha value is -2.10. The molecule has 22 heavy (non-hydrogen) atoms. The lowest BCUT2D eigenvalue weighted by atomic mass is 10.0. The molecule has 2 aromatic rings. The van der Waals surface area contributed by atoms with E-state index in [0.717, 1.165) is 36.9 Å². The zero-order valence-corrected chi connectivity index (χ0v) is 13.5. The summed E-state index contributed by atoms with van der Waals surface area (Å²) in [6, 6.07) is 10.0. The summed E-state index contributed by atoms with van der Waals surface area (Å²) < 4.78 is 1.94. The number of carbonyl (C=O) groups is 1. The van der Waals surface area contributed by atoms with Gasteiger partial charge < -0.3 is 5.32 Å². The van der Waals surface area contributed by atoms with E-state index >= 15 is 0 Å². The van der Waals surface area contributed by atoms with Crippen LogP contribution >= 0.6 is 0 Å². The number of rotatable bonds is 4. The van der Waals surface area contributed by atoms with Crippen LogP contribution in [0.3, 0.4) is 0 Å². The van der Waals surface area contributed by atoms with Gasteiger partial charge in [-0.2, -0.15) is 5.10 Å². The van der Waals surface area contributed by atoms with E-state index < -0.39 is 0 Å². The highest BCUT2D eigenvalue weighted by atomic mass is 16.2. The summed E-state index contributed by atoms with van der Waals surface area (Å²) in [6.45, 7) is 6.16. The fraction of sp³-hybridized carbons (Fsp3) is 0.444. The van der Waals surface area contributed by atoms with Crippen molar-refractivity contribution in [1.29, 1.82) is 0 Å². The number of hydrogen-bond acceptors (Lipinski definition) is 2. The van der Waals surface area contributed by atoms with E-state index in [1.165, 1.54) is 5.69 Å². The Balaban J connectivity index is 1.99. The molecule has 3 rings (SSSR count). The minimum Gasteiger partial charge on any atom is -0.346 e. The van der Waals surface area contributed by atoms with Gasteiger partial charge in [0.05, 0.1) is 5.69 Å². The molecular weight excluding hydrogens is 274 g/mol. The molecule has 1 amide bonds. The van der Waals surface area contributed by atoms with Gasteiger partial charge in [0.2, 0.25) is 0 Å². The lowest BCUT2D eigenvalue weighted by molar-refractivity contribution is 0.0904. The second-order valence-corrected chi connectivity index (χ2v) is 6.57. The normalized spacial score (nSPS) is 14.0. The molecule has 0 spiro atoms. The predicted molar refractivity (Wildman–Crippen MR) is 87.4 cm³/mol. The van der Waals surface area contributed by atoms with Gasteiger partial charge in [-0.05, 0) is 51.7 Å². The molecule has 1 aromatic carbocycles. The molecule has 4 nitrogen and oxygen atoms in total. The van der Waals surface area contributed by atoms with Crippen molar-refractivity contribution in [3.05, 3.63) is 47.3 Å². The molecule has 0 bridgehead atoms. The van der Waals surface area contributed by atoms with Gasteiger partial charge in [0.1, 0.15) is 0 Å². The van der Waals surface area contributed by atoms with Crippen LogP contribution in [-0.4, -0.2) is 21.2 Å². The van der Waals surface area contributed by atoms with E-state index in [1.807, 2.05) is 48.9 Å². The minimum atomic E-state index is -0.209. The molecule has 0 unspecified atom stereocenters. The highest BCUT2D eigenvalue weighted by Gasteiger charge is 2.29. The van der Waals surface area contributed by atoms with Gasteiger partial charge in [0.25, 0.3) is 5.91 Å². The Morgan fingerprint density at radius 2 is 2.00 bits per heavy atom. The van der Waals surface area contributed by atoms with E-state index in [2.05, 4.69) is 17.3 Å². The Morgan fingerprint density at radius 3 is 2.68 bits per heavy atom. The molecule has 0 atom stereocenters. The molecule has 1 aromatic heterocycles. The third kappa shape index (κ3) is 2.65. The summed E-state index contributed by atoms with van der Waals surface area (Å²) in [5, 5.41) is 7.73. The van der Waals surface area contributed by atoms with Crippen molar-refractivity contribution < 1.29 is 4.79 Å². The molecule has 1 aliphatic carbocycles. The van der Waals surface area contributed by atoms with E-state index in [4.69, 9.17) is 0 Å². The summed E-state index contributed by atoms with van der Waals surface area (Å²) in [7, 11) is 0. The quantitative estimate of drug-likeness (QED) is 0.941. The third-order valence-corrected chi connectivity index (χ3v) is 4.48. The second-order valence-electron chi connectivity index (χ2n) is 6.57. The summed E-state index contributed by atoms with van der Waals surface area (Å²) in [6.07, 6.45) is 3.91. The van der Waals surface area contributed by atoms with Gasteiger partial charge in [-0.3, -0.25) is 4.79 Å². The van der Waals surface area contributed by atoms with Crippen LogP contribution in [0, 0.1) is 0 Å². The third-order valence-electron chi connectivity index (χ3n) is 4.48. The SMILES string of the molecule is CCC(C)(C)NC(=O)c1nn(-c2ccccc2)c2c1CCC2. The average molecular weight is 297 g/mol. The Labute approximate surface area is 131 Å². The number of para-hydroxylation sites is 1. The number of carbonyl (C=O) groups excluding carboxylic acids is 1. The fourth-order valence-electron chi connectivity index (χ4n) is 2.86. The van der Waals surface area contributed by atoms with Crippen molar-refractivity contribution in [3.8, 4) is 5.69 Å². The number of nitrogens with zero attached hydrogens (tertiary/aromatic N) is 2. The number of hydrogen-bond donors (Lipinski definition) is 1. The van der Waals surface area contributed by atoms with E-state index in [1.54, 1.807) is 0 Å². The number of aromatic nitrogens is 2. The molecular formula is C18H23N3O. The van der Waals surface area contributed by atoms with Crippen LogP contribution in [0.4, 0.5) is 0 Å². The zero-order valence-electron chi connectivity index (χ0n) is 13.5. The molecule has 0 fully saturated rings. The first-order chi connectivity index (χ1) is 10.5. The topological polar surface area (TPSA) is 46.9 Å². The van der Waals surface area contributed by atoms with Crippen molar-refractivity contribution >= 4 is 5.91 Å². The lowest BCUT2D eigenvalue weighted by Gasteiger charge is -2.24. The van der Waals surface area contributed by atoms with E-state index in [-0.39, 0.29) is 11.4 Å². The summed E-state index contributed by atoms with van der Waals surface area (Å²) in [4.78, 5) is 12.6. The lowest BCUT2D eigenvalue weighted by Crippen LogP contribution is -2.43. The van der Waals surface area contributed by atoms with E-state index in [0.29, 0.717) is 5.69 Å². The standard InChI is InChI=1S/C18H23N3O/c1-4-18(2,3)19-17(22)16-14-11-8-12-15(14)21(20-16)13-9-6-5-7-10-13/h5-7,9-10H,4,8,11-12H2,1-3H3,(H,19,22). The molecule has 116 valence electrons. The summed E-state index contributed by atoms with van der Waals surface area (Å²) in [5.41, 5.74) is 3.71. The summed E-state index contributed by atoms with van der Waals surface area (Å²) in [5.74, 6) is -0.0559. The highest BCUT2D eigenvalue weighted by Crippen LogP contribution is 2.28. The smallest absolute Gasteiger partial charge is 0.272 e. The fourth-order valence-corrected chi connectivity index (χ4v) is 2.86. The van der Waals surface area contributed by atoms with Crippen LogP contribution in [0.1, 0.15) is 55.4 Å². The molecule has 0 saturated heterocycles. The Bertz CT molecular complexity index is 686. The molecule has 4 heteroatoms. The van der Waals surface area contributed by atoms with Gasteiger partial charge >= 0.3 is 0 Å². The van der Waals surface area contributed by atoms with Gasteiger partial charge in [-0.15, -0.1) is 0 Å².